The Morgan fingerprint density at radius 2 is 2.21 bits per heavy atom. The Kier molecular flexibility index (Phi) is 6.59. The first-order valence-corrected chi connectivity index (χ1v) is 10.6. The molecule has 3 unspecified atom stereocenters. The van der Waals surface area contributed by atoms with Gasteiger partial charge in [-0.2, -0.15) is 0 Å². The van der Waals surface area contributed by atoms with Gasteiger partial charge in [0.05, 0.1) is 5.56 Å². The highest BCUT2D eigenvalue weighted by Gasteiger charge is 2.39. The van der Waals surface area contributed by atoms with Crippen LogP contribution in [0.15, 0.2) is 23.4 Å². The lowest BCUT2D eigenvalue weighted by Crippen LogP contribution is -2.32. The molecule has 2 aliphatic rings. The number of rotatable bonds is 9. The lowest BCUT2D eigenvalue weighted by molar-refractivity contribution is 0.0938. The highest BCUT2D eigenvalue weighted by Crippen LogP contribution is 2.47. The third-order valence-electron chi connectivity index (χ3n) is 5.66. The van der Waals surface area contributed by atoms with Crippen LogP contribution in [0, 0.1) is 17.8 Å². The van der Waals surface area contributed by atoms with Crippen LogP contribution in [-0.4, -0.2) is 23.2 Å². The minimum Gasteiger partial charge on any atom is -0.352 e. The average Bonchev–Trinajstić information content (AvgIpc) is 3.23. The van der Waals surface area contributed by atoms with E-state index in [1.54, 1.807) is 18.0 Å². The van der Waals surface area contributed by atoms with Crippen LogP contribution in [0.2, 0.25) is 0 Å². The van der Waals surface area contributed by atoms with Gasteiger partial charge in [0.2, 0.25) is 0 Å². The number of amides is 1. The van der Waals surface area contributed by atoms with Crippen LogP contribution in [0.25, 0.3) is 0 Å². The normalized spacial score (nSPS) is 25.1. The van der Waals surface area contributed by atoms with Crippen molar-refractivity contribution in [2.45, 2.75) is 63.3 Å². The quantitative estimate of drug-likeness (QED) is 0.510. The second-order valence-corrected chi connectivity index (χ2v) is 8.49. The summed E-state index contributed by atoms with van der Waals surface area (Å²) in [7, 11) is 0. The van der Waals surface area contributed by atoms with E-state index in [0.29, 0.717) is 5.92 Å². The first-order chi connectivity index (χ1) is 11.8. The van der Waals surface area contributed by atoms with E-state index < -0.39 is 0 Å². The summed E-state index contributed by atoms with van der Waals surface area (Å²) in [6.07, 6.45) is 12.3. The lowest BCUT2D eigenvalue weighted by Gasteiger charge is -2.22. The van der Waals surface area contributed by atoms with Gasteiger partial charge >= 0.3 is 0 Å². The fourth-order valence-electron chi connectivity index (χ4n) is 4.32. The van der Waals surface area contributed by atoms with Crippen molar-refractivity contribution in [2.24, 2.45) is 17.8 Å². The molecule has 24 heavy (non-hydrogen) atoms. The predicted molar refractivity (Wildman–Crippen MR) is 100 cm³/mol. The van der Waals surface area contributed by atoms with E-state index in [0.717, 1.165) is 34.7 Å². The van der Waals surface area contributed by atoms with Crippen molar-refractivity contribution >= 4 is 17.7 Å². The number of aromatic nitrogens is 1. The molecule has 2 bridgehead atoms. The number of hydrogen-bond acceptors (Lipinski definition) is 3. The fourth-order valence-corrected chi connectivity index (χ4v) is 5.32. The molecule has 3 atom stereocenters. The van der Waals surface area contributed by atoms with Gasteiger partial charge in [-0.15, -0.1) is 11.8 Å². The van der Waals surface area contributed by atoms with E-state index in [1.807, 2.05) is 12.1 Å². The Labute approximate surface area is 150 Å². The summed E-state index contributed by atoms with van der Waals surface area (Å²) < 4.78 is 0. The molecule has 1 heterocycles. The van der Waals surface area contributed by atoms with Crippen LogP contribution in [0.3, 0.4) is 0 Å². The van der Waals surface area contributed by atoms with E-state index >= 15 is 0 Å². The van der Waals surface area contributed by atoms with Gasteiger partial charge in [0.1, 0.15) is 5.03 Å². The molecule has 0 radical (unpaired) electrons. The first kappa shape index (κ1) is 17.8. The van der Waals surface area contributed by atoms with Crippen LogP contribution >= 0.6 is 11.8 Å². The lowest BCUT2D eigenvalue weighted by atomic mass is 9.89. The Bertz CT molecular complexity index is 548. The van der Waals surface area contributed by atoms with Gasteiger partial charge in [-0.05, 0) is 61.3 Å². The number of hydrogen-bond donors (Lipinski definition) is 1. The van der Waals surface area contributed by atoms with Crippen molar-refractivity contribution in [3.8, 4) is 0 Å². The molecule has 2 fully saturated rings. The summed E-state index contributed by atoms with van der Waals surface area (Å²) >= 11 is 1.72. The van der Waals surface area contributed by atoms with Crippen molar-refractivity contribution in [1.82, 2.24) is 10.3 Å². The standard InChI is InChI=1S/C20H30N2OS/c1-2-3-4-5-11-24-20-18(7-6-10-21-20)19(23)22-14-17-13-15-8-9-16(17)12-15/h6-7,10,15-17H,2-5,8-9,11-14H2,1H3,(H,22,23). The van der Waals surface area contributed by atoms with E-state index in [9.17, 15) is 4.79 Å². The Balaban J connectivity index is 1.48. The number of carbonyl (C=O) groups excluding carboxylic acids is 1. The number of pyridine rings is 1. The maximum absolute atomic E-state index is 12.6. The zero-order valence-corrected chi connectivity index (χ0v) is 15.6. The van der Waals surface area contributed by atoms with E-state index in [4.69, 9.17) is 0 Å². The highest BCUT2D eigenvalue weighted by molar-refractivity contribution is 7.99. The summed E-state index contributed by atoms with van der Waals surface area (Å²) in [5.74, 6) is 3.60. The summed E-state index contributed by atoms with van der Waals surface area (Å²) in [6.45, 7) is 3.07. The van der Waals surface area contributed by atoms with Crippen molar-refractivity contribution < 1.29 is 4.79 Å². The van der Waals surface area contributed by atoms with E-state index in [-0.39, 0.29) is 5.91 Å². The molecular weight excluding hydrogens is 316 g/mol. The topological polar surface area (TPSA) is 42.0 Å². The molecule has 1 aromatic heterocycles. The van der Waals surface area contributed by atoms with Crippen LogP contribution < -0.4 is 5.32 Å². The molecule has 2 saturated carbocycles. The fraction of sp³-hybridized carbons (Fsp3) is 0.700. The molecule has 0 saturated heterocycles. The van der Waals surface area contributed by atoms with Crippen molar-refractivity contribution in [1.29, 1.82) is 0 Å². The SMILES string of the molecule is CCCCCCSc1ncccc1C(=O)NCC1CC2CCC1C2. The molecule has 1 N–H and O–H groups in total. The zero-order chi connectivity index (χ0) is 16.8. The van der Waals surface area contributed by atoms with Gasteiger partial charge < -0.3 is 5.32 Å². The minimum absolute atomic E-state index is 0.0573. The second-order valence-electron chi connectivity index (χ2n) is 7.41. The van der Waals surface area contributed by atoms with Gasteiger partial charge in [-0.3, -0.25) is 4.79 Å². The average molecular weight is 347 g/mol. The minimum atomic E-state index is 0.0573. The van der Waals surface area contributed by atoms with Crippen LogP contribution in [0.5, 0.6) is 0 Å². The molecule has 0 aliphatic heterocycles. The number of unbranched alkanes of at least 4 members (excludes halogenated alkanes) is 3. The van der Waals surface area contributed by atoms with Crippen LogP contribution in [0.1, 0.15) is 68.6 Å². The van der Waals surface area contributed by atoms with Crippen molar-refractivity contribution in [3.63, 3.8) is 0 Å². The van der Waals surface area contributed by atoms with E-state index in [1.165, 1.54) is 51.4 Å². The van der Waals surface area contributed by atoms with Gasteiger partial charge in [0.25, 0.3) is 5.91 Å². The Morgan fingerprint density at radius 1 is 1.29 bits per heavy atom. The second kappa shape index (κ2) is 8.89. The molecule has 132 valence electrons. The first-order valence-electron chi connectivity index (χ1n) is 9.64. The summed E-state index contributed by atoms with van der Waals surface area (Å²) in [6, 6.07) is 3.78. The monoisotopic (exact) mass is 346 g/mol. The molecule has 1 aromatic rings. The predicted octanol–water partition coefficient (Wildman–Crippen LogP) is 4.92. The number of nitrogens with one attached hydrogen (secondary N) is 1. The summed E-state index contributed by atoms with van der Waals surface area (Å²) in [5, 5.41) is 4.07. The van der Waals surface area contributed by atoms with Crippen molar-refractivity contribution in [3.05, 3.63) is 23.9 Å². The van der Waals surface area contributed by atoms with Gasteiger partial charge in [0.15, 0.2) is 0 Å². The third-order valence-corrected chi connectivity index (χ3v) is 6.75. The largest absolute Gasteiger partial charge is 0.352 e. The molecule has 3 nitrogen and oxygen atoms in total. The summed E-state index contributed by atoms with van der Waals surface area (Å²) in [5.41, 5.74) is 0.751. The molecule has 0 aromatic carbocycles. The van der Waals surface area contributed by atoms with Crippen LogP contribution in [0.4, 0.5) is 0 Å². The number of fused-ring (bicyclic) bond motifs is 2. The molecule has 3 rings (SSSR count). The van der Waals surface area contributed by atoms with E-state index in [2.05, 4.69) is 17.2 Å². The molecule has 1 amide bonds. The Morgan fingerprint density at radius 3 is 2.96 bits per heavy atom. The number of nitrogens with zero attached hydrogens (tertiary/aromatic N) is 1. The van der Waals surface area contributed by atoms with Crippen molar-refractivity contribution in [2.75, 3.05) is 12.3 Å². The van der Waals surface area contributed by atoms with Gasteiger partial charge in [-0.1, -0.05) is 32.6 Å². The number of carbonyl (C=O) groups is 1. The molecule has 0 spiro atoms. The summed E-state index contributed by atoms with van der Waals surface area (Å²) in [4.78, 5) is 17.0. The number of thioether (sulfide) groups is 1. The zero-order valence-electron chi connectivity index (χ0n) is 14.8. The highest BCUT2D eigenvalue weighted by atomic mass is 32.2. The smallest absolute Gasteiger partial charge is 0.254 e. The molecule has 2 aliphatic carbocycles. The van der Waals surface area contributed by atoms with Crippen LogP contribution in [-0.2, 0) is 0 Å². The van der Waals surface area contributed by atoms with Gasteiger partial charge in [-0.25, -0.2) is 4.98 Å². The molecular formula is C20H30N2OS. The maximum Gasteiger partial charge on any atom is 0.254 e. The van der Waals surface area contributed by atoms with Gasteiger partial charge in [0, 0.05) is 12.7 Å². The third kappa shape index (κ3) is 4.53. The Hall–Kier alpha value is -1.03. The maximum atomic E-state index is 12.6. The molecule has 4 heteroatoms.